The summed E-state index contributed by atoms with van der Waals surface area (Å²) < 4.78 is 23.9. The van der Waals surface area contributed by atoms with E-state index in [9.17, 15) is 4.39 Å². The third-order valence-electron chi connectivity index (χ3n) is 4.13. The number of hydrogen-bond acceptors (Lipinski definition) is 5. The van der Waals surface area contributed by atoms with Crippen LogP contribution in [0.4, 0.5) is 9.52 Å². The second-order valence-electron chi connectivity index (χ2n) is 6.08. The van der Waals surface area contributed by atoms with E-state index >= 15 is 0 Å². The number of aromatic nitrogens is 2. The zero-order valence-electron chi connectivity index (χ0n) is 13.6. The van der Waals surface area contributed by atoms with Crippen LogP contribution >= 0.6 is 11.5 Å². The van der Waals surface area contributed by atoms with E-state index in [0.29, 0.717) is 12.5 Å². The zero-order chi connectivity index (χ0) is 17.1. The Hall–Kier alpha value is -2.47. The third kappa shape index (κ3) is 3.96. The van der Waals surface area contributed by atoms with E-state index in [0.717, 1.165) is 16.5 Å². The van der Waals surface area contributed by atoms with Gasteiger partial charge in [0.15, 0.2) is 11.6 Å². The molecule has 2 aromatic carbocycles. The highest BCUT2D eigenvalue weighted by atomic mass is 32.1. The molecule has 4 rings (SSSR count). The predicted octanol–water partition coefficient (Wildman–Crippen LogP) is 4.79. The molecule has 4 nitrogen and oxygen atoms in total. The SMILES string of the molecule is Fc1ccccc1OCC(Nc1nc(C2CC2)ns1)c1ccccc1. The first-order valence-electron chi connectivity index (χ1n) is 8.32. The maximum Gasteiger partial charge on any atom is 0.203 e. The lowest BCUT2D eigenvalue weighted by Crippen LogP contribution is -2.19. The highest BCUT2D eigenvalue weighted by Gasteiger charge is 2.28. The fourth-order valence-corrected chi connectivity index (χ4v) is 3.29. The van der Waals surface area contributed by atoms with E-state index in [2.05, 4.69) is 14.7 Å². The number of nitrogens with one attached hydrogen (secondary N) is 1. The number of hydrogen-bond donors (Lipinski definition) is 1. The van der Waals surface area contributed by atoms with Gasteiger partial charge in [0.25, 0.3) is 0 Å². The topological polar surface area (TPSA) is 47.0 Å². The van der Waals surface area contributed by atoms with E-state index in [-0.39, 0.29) is 17.6 Å². The first-order valence-corrected chi connectivity index (χ1v) is 9.09. The van der Waals surface area contributed by atoms with Crippen LogP contribution in [0.5, 0.6) is 5.75 Å². The van der Waals surface area contributed by atoms with Gasteiger partial charge in [-0.25, -0.2) is 9.37 Å². The average molecular weight is 355 g/mol. The first kappa shape index (κ1) is 16.0. The highest BCUT2D eigenvalue weighted by Crippen LogP contribution is 2.39. The van der Waals surface area contributed by atoms with Gasteiger partial charge >= 0.3 is 0 Å². The van der Waals surface area contributed by atoms with Gasteiger partial charge in [-0.2, -0.15) is 4.37 Å². The van der Waals surface area contributed by atoms with Crippen molar-refractivity contribution in [3.05, 3.63) is 71.8 Å². The van der Waals surface area contributed by atoms with Crippen molar-refractivity contribution in [3.63, 3.8) is 0 Å². The van der Waals surface area contributed by atoms with Crippen molar-refractivity contribution >= 4 is 16.7 Å². The average Bonchev–Trinajstić information content (AvgIpc) is 3.40. The standard InChI is InChI=1S/C19H18FN3OS/c20-15-8-4-5-9-17(15)24-12-16(13-6-2-1-3-7-13)21-19-22-18(23-25-19)14-10-11-14/h1-9,14,16H,10-12H2,(H,21,22,23). The van der Waals surface area contributed by atoms with Crippen LogP contribution in [0.3, 0.4) is 0 Å². The Morgan fingerprint density at radius 3 is 2.64 bits per heavy atom. The molecule has 0 saturated heterocycles. The first-order chi connectivity index (χ1) is 12.3. The summed E-state index contributed by atoms with van der Waals surface area (Å²) in [5.41, 5.74) is 1.06. The van der Waals surface area contributed by atoms with Crippen molar-refractivity contribution in [1.29, 1.82) is 0 Å². The van der Waals surface area contributed by atoms with Crippen LogP contribution in [0, 0.1) is 5.82 Å². The third-order valence-corrected chi connectivity index (χ3v) is 4.79. The van der Waals surface area contributed by atoms with Gasteiger partial charge in [0.2, 0.25) is 5.13 Å². The van der Waals surface area contributed by atoms with Crippen molar-refractivity contribution in [2.45, 2.75) is 24.8 Å². The quantitative estimate of drug-likeness (QED) is 0.662. The van der Waals surface area contributed by atoms with Crippen molar-refractivity contribution in [1.82, 2.24) is 9.36 Å². The molecule has 0 radical (unpaired) electrons. The molecule has 1 fully saturated rings. The number of rotatable bonds is 7. The molecular formula is C19H18FN3OS. The van der Waals surface area contributed by atoms with Gasteiger partial charge < -0.3 is 10.1 Å². The summed E-state index contributed by atoms with van der Waals surface area (Å²) in [5.74, 6) is 1.34. The van der Waals surface area contributed by atoms with Crippen LogP contribution in [0.15, 0.2) is 54.6 Å². The number of halogens is 1. The number of nitrogens with zero attached hydrogens (tertiary/aromatic N) is 2. The minimum absolute atomic E-state index is 0.138. The Labute approximate surface area is 149 Å². The van der Waals surface area contributed by atoms with Crippen LogP contribution in [-0.2, 0) is 0 Å². The smallest absolute Gasteiger partial charge is 0.203 e. The summed E-state index contributed by atoms with van der Waals surface area (Å²) in [6, 6.07) is 16.3. The van der Waals surface area contributed by atoms with Gasteiger partial charge in [0.05, 0.1) is 6.04 Å². The molecule has 1 aliphatic carbocycles. The van der Waals surface area contributed by atoms with Gasteiger partial charge in [0.1, 0.15) is 12.4 Å². The Kier molecular flexibility index (Phi) is 4.61. The minimum atomic E-state index is -0.360. The summed E-state index contributed by atoms with van der Waals surface area (Å²) in [5, 5.41) is 4.16. The maximum atomic E-state index is 13.8. The second kappa shape index (κ2) is 7.19. The molecule has 1 saturated carbocycles. The van der Waals surface area contributed by atoms with Gasteiger partial charge in [-0.1, -0.05) is 42.5 Å². The van der Waals surface area contributed by atoms with Gasteiger partial charge in [-0.3, -0.25) is 0 Å². The molecule has 1 atom stereocenters. The van der Waals surface area contributed by atoms with Crippen molar-refractivity contribution < 1.29 is 9.13 Å². The molecule has 1 aliphatic rings. The molecule has 6 heteroatoms. The van der Waals surface area contributed by atoms with Gasteiger partial charge in [-0.05, 0) is 30.5 Å². The fourth-order valence-electron chi connectivity index (χ4n) is 2.59. The second-order valence-corrected chi connectivity index (χ2v) is 6.83. The molecule has 0 spiro atoms. The molecule has 1 heterocycles. The molecular weight excluding hydrogens is 337 g/mol. The van der Waals surface area contributed by atoms with Gasteiger partial charge in [-0.15, -0.1) is 0 Å². The zero-order valence-corrected chi connectivity index (χ0v) is 14.4. The molecule has 128 valence electrons. The number of benzene rings is 2. The summed E-state index contributed by atoms with van der Waals surface area (Å²) in [6.45, 7) is 0.295. The van der Waals surface area contributed by atoms with E-state index in [1.807, 2.05) is 30.3 Å². The fraction of sp³-hybridized carbons (Fsp3) is 0.263. The van der Waals surface area contributed by atoms with Crippen LogP contribution < -0.4 is 10.1 Å². The van der Waals surface area contributed by atoms with E-state index in [4.69, 9.17) is 4.74 Å². The molecule has 1 aromatic heterocycles. The van der Waals surface area contributed by atoms with Gasteiger partial charge in [0, 0.05) is 17.5 Å². The summed E-state index contributed by atoms with van der Waals surface area (Å²) in [4.78, 5) is 4.58. The normalized spacial score (nSPS) is 14.9. The largest absolute Gasteiger partial charge is 0.488 e. The monoisotopic (exact) mass is 355 g/mol. The van der Waals surface area contributed by atoms with Crippen molar-refractivity contribution in [3.8, 4) is 5.75 Å². The summed E-state index contributed by atoms with van der Waals surface area (Å²) in [7, 11) is 0. The molecule has 1 unspecified atom stereocenters. The summed E-state index contributed by atoms with van der Waals surface area (Å²) >= 11 is 1.36. The number of ether oxygens (including phenoxy) is 1. The maximum absolute atomic E-state index is 13.8. The predicted molar refractivity (Wildman–Crippen MR) is 96.6 cm³/mol. The van der Waals surface area contributed by atoms with Crippen LogP contribution in [0.25, 0.3) is 0 Å². The molecule has 1 N–H and O–H groups in total. The van der Waals surface area contributed by atoms with Crippen molar-refractivity contribution in [2.24, 2.45) is 0 Å². The Morgan fingerprint density at radius 1 is 1.12 bits per heavy atom. The summed E-state index contributed by atoms with van der Waals surface area (Å²) in [6.07, 6.45) is 2.35. The van der Waals surface area contributed by atoms with Crippen LogP contribution in [0.2, 0.25) is 0 Å². The van der Waals surface area contributed by atoms with E-state index < -0.39 is 0 Å². The minimum Gasteiger partial charge on any atom is -0.488 e. The van der Waals surface area contributed by atoms with E-state index in [1.54, 1.807) is 18.2 Å². The lowest BCUT2D eigenvalue weighted by atomic mass is 10.1. The number of anilines is 1. The molecule has 3 aromatic rings. The number of para-hydroxylation sites is 1. The lowest BCUT2D eigenvalue weighted by Gasteiger charge is -2.19. The Bertz CT molecular complexity index is 835. The van der Waals surface area contributed by atoms with Crippen molar-refractivity contribution in [2.75, 3.05) is 11.9 Å². The van der Waals surface area contributed by atoms with Crippen LogP contribution in [0.1, 0.15) is 36.2 Å². The molecule has 0 bridgehead atoms. The molecule has 25 heavy (non-hydrogen) atoms. The Morgan fingerprint density at radius 2 is 1.88 bits per heavy atom. The molecule has 0 aliphatic heterocycles. The highest BCUT2D eigenvalue weighted by molar-refractivity contribution is 7.09. The van der Waals surface area contributed by atoms with E-state index in [1.165, 1.54) is 30.4 Å². The Balaban J connectivity index is 1.50. The lowest BCUT2D eigenvalue weighted by molar-refractivity contribution is 0.285. The molecule has 0 amide bonds. The van der Waals surface area contributed by atoms with Crippen LogP contribution in [-0.4, -0.2) is 16.0 Å².